The summed E-state index contributed by atoms with van der Waals surface area (Å²) in [5.74, 6) is 0.269. The Morgan fingerprint density at radius 1 is 1.48 bits per heavy atom. The number of rotatable bonds is 9. The molecule has 0 atom stereocenters. The van der Waals surface area contributed by atoms with E-state index in [1.165, 1.54) is 12.1 Å². The molecule has 0 radical (unpaired) electrons. The van der Waals surface area contributed by atoms with E-state index in [1.54, 1.807) is 23.9 Å². The Bertz CT molecular complexity index is 611. The summed E-state index contributed by atoms with van der Waals surface area (Å²) < 4.78 is 26.7. The van der Waals surface area contributed by atoms with Crippen LogP contribution in [0, 0.1) is 0 Å². The number of hydrogen-bond acceptors (Lipinski definition) is 4. The maximum atomic E-state index is 12.1. The van der Waals surface area contributed by atoms with Gasteiger partial charge in [0.1, 0.15) is 0 Å². The molecule has 0 aromatic heterocycles. The van der Waals surface area contributed by atoms with Crippen molar-refractivity contribution in [2.24, 2.45) is 0 Å². The predicted octanol–water partition coefficient (Wildman–Crippen LogP) is 2.14. The third kappa shape index (κ3) is 5.18. The summed E-state index contributed by atoms with van der Waals surface area (Å²) in [4.78, 5) is 11.1. The van der Waals surface area contributed by atoms with Crippen LogP contribution in [0.2, 0.25) is 0 Å². The van der Waals surface area contributed by atoms with Gasteiger partial charge in [0.15, 0.2) is 0 Å². The molecule has 0 aliphatic carbocycles. The summed E-state index contributed by atoms with van der Waals surface area (Å²) in [6.45, 7) is 5.70. The van der Waals surface area contributed by atoms with E-state index < -0.39 is 16.0 Å². The van der Waals surface area contributed by atoms with E-state index in [-0.39, 0.29) is 10.5 Å². The highest BCUT2D eigenvalue weighted by atomic mass is 32.2. The second-order valence-electron chi connectivity index (χ2n) is 4.24. The number of thioether (sulfide) groups is 1. The fourth-order valence-electron chi connectivity index (χ4n) is 1.73. The van der Waals surface area contributed by atoms with Gasteiger partial charge in [0.05, 0.1) is 10.5 Å². The molecule has 0 aliphatic heterocycles. The van der Waals surface area contributed by atoms with Gasteiger partial charge in [-0.05, 0) is 24.1 Å². The number of hydrogen-bond donors (Lipinski definition) is 2. The molecule has 1 rings (SSSR count). The van der Waals surface area contributed by atoms with Crippen molar-refractivity contribution < 1.29 is 18.3 Å². The quantitative estimate of drug-likeness (QED) is 0.536. The lowest BCUT2D eigenvalue weighted by molar-refractivity contribution is 0.0695. The third-order valence-corrected chi connectivity index (χ3v) is 5.20. The van der Waals surface area contributed by atoms with Gasteiger partial charge < -0.3 is 5.11 Å². The molecule has 5 nitrogen and oxygen atoms in total. The minimum absolute atomic E-state index is 0.0224. The first kappa shape index (κ1) is 17.7. The number of aromatic carboxylic acids is 1. The molecule has 7 heteroatoms. The van der Waals surface area contributed by atoms with Gasteiger partial charge in [0.2, 0.25) is 10.0 Å². The van der Waals surface area contributed by atoms with Crippen LogP contribution in [0.1, 0.15) is 22.8 Å². The zero-order valence-electron chi connectivity index (χ0n) is 11.8. The van der Waals surface area contributed by atoms with E-state index in [0.29, 0.717) is 24.3 Å². The lowest BCUT2D eigenvalue weighted by Crippen LogP contribution is -2.26. The van der Waals surface area contributed by atoms with Crippen molar-refractivity contribution >= 4 is 27.8 Å². The predicted molar refractivity (Wildman–Crippen MR) is 85.5 cm³/mol. The number of carboxylic acid groups (broad SMARTS) is 1. The molecule has 0 bridgehead atoms. The van der Waals surface area contributed by atoms with Crippen molar-refractivity contribution in [2.75, 3.05) is 18.1 Å². The van der Waals surface area contributed by atoms with Crippen LogP contribution in [0.15, 0.2) is 35.7 Å². The highest BCUT2D eigenvalue weighted by molar-refractivity contribution is 7.99. The number of carbonyl (C=O) groups is 1. The summed E-state index contributed by atoms with van der Waals surface area (Å²) in [6.07, 6.45) is 2.29. The Labute approximate surface area is 129 Å². The van der Waals surface area contributed by atoms with Gasteiger partial charge in [-0.25, -0.2) is 17.9 Å². The van der Waals surface area contributed by atoms with Crippen LogP contribution >= 0.6 is 11.8 Å². The molecule has 1 aromatic rings. The highest BCUT2D eigenvalue weighted by Gasteiger charge is 2.17. The zero-order chi connectivity index (χ0) is 15.9. The van der Waals surface area contributed by atoms with Gasteiger partial charge in [-0.3, -0.25) is 0 Å². The first-order valence-electron chi connectivity index (χ1n) is 6.47. The van der Waals surface area contributed by atoms with Gasteiger partial charge in [0, 0.05) is 18.1 Å². The molecule has 0 spiro atoms. The van der Waals surface area contributed by atoms with Crippen LogP contribution in [-0.2, 0) is 16.4 Å². The van der Waals surface area contributed by atoms with Crippen molar-refractivity contribution in [3.63, 3.8) is 0 Å². The van der Waals surface area contributed by atoms with Crippen LogP contribution in [-0.4, -0.2) is 37.5 Å². The Kier molecular flexibility index (Phi) is 6.94. The molecular weight excluding hydrogens is 310 g/mol. The van der Waals surface area contributed by atoms with Crippen molar-refractivity contribution in [1.82, 2.24) is 4.72 Å². The van der Waals surface area contributed by atoms with Crippen molar-refractivity contribution in [1.29, 1.82) is 0 Å². The zero-order valence-corrected chi connectivity index (χ0v) is 13.5. The van der Waals surface area contributed by atoms with Crippen molar-refractivity contribution in [3.8, 4) is 0 Å². The Morgan fingerprint density at radius 3 is 2.76 bits per heavy atom. The molecule has 0 fully saturated rings. The highest BCUT2D eigenvalue weighted by Crippen LogP contribution is 2.17. The second kappa shape index (κ2) is 8.21. The maximum Gasteiger partial charge on any atom is 0.336 e. The number of nitrogens with one attached hydrogen (secondary N) is 1. The van der Waals surface area contributed by atoms with Crippen molar-refractivity contribution in [2.45, 2.75) is 18.2 Å². The van der Waals surface area contributed by atoms with Crippen LogP contribution < -0.4 is 4.72 Å². The van der Waals surface area contributed by atoms with E-state index in [1.807, 2.05) is 6.92 Å². The molecule has 0 amide bonds. The largest absolute Gasteiger partial charge is 0.478 e. The first-order chi connectivity index (χ1) is 9.92. The average Bonchev–Trinajstić information content (AvgIpc) is 2.46. The molecule has 21 heavy (non-hydrogen) atoms. The molecule has 2 N–H and O–H groups in total. The SMILES string of the molecule is C=CCSCCNS(=O)(=O)c1ccc(CC)c(C(=O)O)c1. The number of aryl methyl sites for hydroxylation is 1. The molecule has 1 aromatic carbocycles. The Hall–Kier alpha value is -1.31. The standard InChI is InChI=1S/C14H19NO4S2/c1-3-8-20-9-7-15-21(18,19)12-6-5-11(4-2)13(10-12)14(16)17/h3,5-6,10,15H,1,4,7-9H2,2H3,(H,16,17). The van der Waals surface area contributed by atoms with Crippen LogP contribution in [0.3, 0.4) is 0 Å². The van der Waals surface area contributed by atoms with Crippen LogP contribution in [0.25, 0.3) is 0 Å². The van der Waals surface area contributed by atoms with E-state index in [9.17, 15) is 13.2 Å². The molecular formula is C14H19NO4S2. The van der Waals surface area contributed by atoms with Gasteiger partial charge in [0.25, 0.3) is 0 Å². The molecule has 0 heterocycles. The normalized spacial score (nSPS) is 11.3. The molecule has 0 unspecified atom stereocenters. The number of benzene rings is 1. The topological polar surface area (TPSA) is 83.5 Å². The third-order valence-electron chi connectivity index (χ3n) is 2.78. The monoisotopic (exact) mass is 329 g/mol. The molecule has 116 valence electrons. The van der Waals surface area contributed by atoms with Crippen LogP contribution in [0.5, 0.6) is 0 Å². The number of carboxylic acids is 1. The summed E-state index contributed by atoms with van der Waals surface area (Å²) in [5, 5.41) is 9.13. The Morgan fingerprint density at radius 2 is 2.19 bits per heavy atom. The summed E-state index contributed by atoms with van der Waals surface area (Å²) in [6, 6.07) is 4.19. The van der Waals surface area contributed by atoms with Gasteiger partial charge in [-0.1, -0.05) is 19.1 Å². The maximum absolute atomic E-state index is 12.1. The average molecular weight is 329 g/mol. The van der Waals surface area contributed by atoms with Gasteiger partial charge >= 0.3 is 5.97 Å². The van der Waals surface area contributed by atoms with E-state index >= 15 is 0 Å². The second-order valence-corrected chi connectivity index (χ2v) is 7.16. The summed E-state index contributed by atoms with van der Waals surface area (Å²) in [5.41, 5.74) is 0.643. The Balaban J connectivity index is 2.86. The van der Waals surface area contributed by atoms with Gasteiger partial charge in [-0.2, -0.15) is 11.8 Å². The fourth-order valence-corrected chi connectivity index (χ4v) is 3.49. The lowest BCUT2D eigenvalue weighted by atomic mass is 10.1. The van der Waals surface area contributed by atoms with Crippen molar-refractivity contribution in [3.05, 3.63) is 42.0 Å². The van der Waals surface area contributed by atoms with E-state index in [4.69, 9.17) is 5.11 Å². The minimum atomic E-state index is -3.68. The fraction of sp³-hybridized carbons (Fsp3) is 0.357. The molecule has 0 saturated heterocycles. The smallest absolute Gasteiger partial charge is 0.336 e. The van der Waals surface area contributed by atoms with E-state index in [2.05, 4.69) is 11.3 Å². The lowest BCUT2D eigenvalue weighted by Gasteiger charge is -2.09. The summed E-state index contributed by atoms with van der Waals surface area (Å²) in [7, 11) is -3.68. The minimum Gasteiger partial charge on any atom is -0.478 e. The van der Waals surface area contributed by atoms with Crippen LogP contribution in [0.4, 0.5) is 0 Å². The first-order valence-corrected chi connectivity index (χ1v) is 9.10. The summed E-state index contributed by atoms with van der Waals surface area (Å²) >= 11 is 1.56. The molecule has 0 aliphatic rings. The van der Waals surface area contributed by atoms with Gasteiger partial charge in [-0.15, -0.1) is 6.58 Å². The molecule has 0 saturated carbocycles. The van der Waals surface area contributed by atoms with E-state index in [0.717, 1.165) is 5.75 Å². The number of sulfonamides is 1.